The van der Waals surface area contributed by atoms with Crippen molar-refractivity contribution in [2.24, 2.45) is 0 Å². The highest BCUT2D eigenvalue weighted by Crippen LogP contribution is 2.05. The zero-order chi connectivity index (χ0) is 12.3. The number of rotatable bonds is 3. The number of nitrogens with one attached hydrogen (secondary N) is 1. The van der Waals surface area contributed by atoms with E-state index in [0.29, 0.717) is 11.9 Å². The number of nitrogens with zero attached hydrogens (tertiary/aromatic N) is 1. The van der Waals surface area contributed by atoms with Crippen LogP contribution in [0.3, 0.4) is 0 Å². The zero-order valence-electron chi connectivity index (χ0n) is 9.68. The van der Waals surface area contributed by atoms with Crippen molar-refractivity contribution in [2.45, 2.75) is 13.5 Å². The van der Waals surface area contributed by atoms with Crippen molar-refractivity contribution in [3.8, 4) is 0 Å². The number of pyridine rings is 1. The molecule has 0 bridgehead atoms. The molecule has 0 unspecified atom stereocenters. The summed E-state index contributed by atoms with van der Waals surface area (Å²) in [4.78, 5) is 11.9. The number of aryl methyl sites for hydroxylation is 1. The number of aromatic nitrogens is 1. The first-order chi connectivity index (χ1) is 8.15. The highest BCUT2D eigenvalue weighted by Gasteiger charge is 2.04. The summed E-state index contributed by atoms with van der Waals surface area (Å²) in [5.74, 6) is 0.0766. The largest absolute Gasteiger partial charge is 0.346 e. The van der Waals surface area contributed by atoms with Gasteiger partial charge in [-0.3, -0.25) is 4.79 Å². The molecule has 3 heteroatoms. The Kier molecular flexibility index (Phi) is 3.19. The second-order valence-corrected chi connectivity index (χ2v) is 4.05. The first kappa shape index (κ1) is 11.3. The van der Waals surface area contributed by atoms with Crippen molar-refractivity contribution in [1.29, 1.82) is 5.41 Å². The Morgan fingerprint density at radius 2 is 1.71 bits per heavy atom. The van der Waals surface area contributed by atoms with Crippen molar-refractivity contribution in [2.75, 3.05) is 0 Å². The van der Waals surface area contributed by atoms with Crippen molar-refractivity contribution < 1.29 is 4.79 Å². The molecule has 0 amide bonds. The van der Waals surface area contributed by atoms with Crippen LogP contribution in [0.5, 0.6) is 0 Å². The van der Waals surface area contributed by atoms with Crippen molar-refractivity contribution in [3.63, 3.8) is 0 Å². The van der Waals surface area contributed by atoms with Crippen LogP contribution in [0, 0.1) is 12.3 Å². The first-order valence-electron chi connectivity index (χ1n) is 5.46. The Hall–Kier alpha value is -2.16. The number of ketones is 1. The lowest BCUT2D eigenvalue weighted by atomic mass is 10.1. The van der Waals surface area contributed by atoms with E-state index in [0.717, 1.165) is 11.1 Å². The molecule has 0 aliphatic carbocycles. The minimum atomic E-state index is 0.0766. The fourth-order valence-corrected chi connectivity index (χ4v) is 1.56. The Bertz CT molecular complexity index is 561. The van der Waals surface area contributed by atoms with Gasteiger partial charge in [-0.25, -0.2) is 0 Å². The predicted octanol–water partition coefficient (Wildman–Crippen LogP) is 2.16. The van der Waals surface area contributed by atoms with E-state index >= 15 is 0 Å². The van der Waals surface area contributed by atoms with Crippen LogP contribution in [0.1, 0.15) is 15.9 Å². The Morgan fingerprint density at radius 1 is 1.12 bits per heavy atom. The number of hydrogen-bond acceptors (Lipinski definition) is 2. The van der Waals surface area contributed by atoms with Gasteiger partial charge in [0.2, 0.25) is 0 Å². The average Bonchev–Trinajstić information content (AvgIpc) is 2.33. The van der Waals surface area contributed by atoms with E-state index in [1.807, 2.05) is 31.2 Å². The molecule has 0 atom stereocenters. The number of hydrogen-bond donors (Lipinski definition) is 1. The molecule has 1 heterocycles. The second kappa shape index (κ2) is 4.78. The van der Waals surface area contributed by atoms with E-state index in [4.69, 9.17) is 5.41 Å². The van der Waals surface area contributed by atoms with Crippen LogP contribution in [0.25, 0.3) is 0 Å². The standard InChI is InChI=1S/C14H14N2O/c1-11-2-4-12(5-3-11)14(17)10-16-8-6-13(15)7-9-16/h2-9,15H,10H2,1H3. The molecule has 86 valence electrons. The Labute approximate surface area is 99.9 Å². The minimum Gasteiger partial charge on any atom is -0.346 e. The quantitative estimate of drug-likeness (QED) is 0.801. The monoisotopic (exact) mass is 226 g/mol. The minimum absolute atomic E-state index is 0.0766. The van der Waals surface area contributed by atoms with Crippen molar-refractivity contribution in [3.05, 3.63) is 65.3 Å². The molecule has 3 nitrogen and oxygen atoms in total. The summed E-state index contributed by atoms with van der Waals surface area (Å²) >= 11 is 0. The predicted molar refractivity (Wildman–Crippen MR) is 65.8 cm³/mol. The van der Waals surface area contributed by atoms with Gasteiger partial charge in [-0.1, -0.05) is 29.8 Å². The fourth-order valence-electron chi connectivity index (χ4n) is 1.56. The van der Waals surface area contributed by atoms with Crippen LogP contribution in [-0.4, -0.2) is 10.4 Å². The van der Waals surface area contributed by atoms with Gasteiger partial charge in [-0.05, 0) is 19.1 Å². The smallest absolute Gasteiger partial charge is 0.182 e. The summed E-state index contributed by atoms with van der Waals surface area (Å²) in [7, 11) is 0. The van der Waals surface area contributed by atoms with Crippen LogP contribution >= 0.6 is 0 Å². The van der Waals surface area contributed by atoms with Crippen LogP contribution in [0.15, 0.2) is 48.8 Å². The SMILES string of the molecule is Cc1ccc(C(=O)Cn2ccc(=N)cc2)cc1. The highest BCUT2D eigenvalue weighted by molar-refractivity contribution is 5.95. The van der Waals surface area contributed by atoms with E-state index in [2.05, 4.69) is 0 Å². The maximum atomic E-state index is 11.9. The molecule has 0 aliphatic rings. The third kappa shape index (κ3) is 2.91. The lowest BCUT2D eigenvalue weighted by Gasteiger charge is -2.05. The van der Waals surface area contributed by atoms with Gasteiger partial charge in [0.25, 0.3) is 0 Å². The Balaban J connectivity index is 2.14. The van der Waals surface area contributed by atoms with Crippen LogP contribution in [0.4, 0.5) is 0 Å². The molecule has 1 aromatic carbocycles. The molecule has 0 spiro atoms. The summed E-state index contributed by atoms with van der Waals surface area (Å²) in [5, 5.41) is 7.81. The van der Waals surface area contributed by atoms with Gasteiger partial charge in [0, 0.05) is 18.0 Å². The molecule has 0 radical (unpaired) electrons. The summed E-state index contributed by atoms with van der Waals surface area (Å²) in [5.41, 5.74) is 1.87. The molecule has 0 fully saturated rings. The zero-order valence-corrected chi connectivity index (χ0v) is 9.68. The maximum absolute atomic E-state index is 11.9. The topological polar surface area (TPSA) is 45.9 Å². The van der Waals surface area contributed by atoms with Gasteiger partial charge in [0.05, 0.1) is 11.9 Å². The molecule has 17 heavy (non-hydrogen) atoms. The summed E-state index contributed by atoms with van der Waals surface area (Å²) < 4.78 is 1.78. The molecule has 1 N–H and O–H groups in total. The van der Waals surface area contributed by atoms with Gasteiger partial charge in [-0.2, -0.15) is 0 Å². The number of benzene rings is 1. The molecule has 1 aromatic heterocycles. The molecule has 0 saturated carbocycles. The Morgan fingerprint density at radius 3 is 2.29 bits per heavy atom. The maximum Gasteiger partial charge on any atom is 0.182 e. The van der Waals surface area contributed by atoms with Crippen molar-refractivity contribution in [1.82, 2.24) is 4.57 Å². The average molecular weight is 226 g/mol. The van der Waals surface area contributed by atoms with Crippen LogP contribution in [0.2, 0.25) is 0 Å². The lowest BCUT2D eigenvalue weighted by Crippen LogP contribution is -2.12. The number of Topliss-reactive ketones (excluding diaryl/α,β-unsaturated/α-hetero) is 1. The normalized spacial score (nSPS) is 10.2. The third-order valence-corrected chi connectivity index (χ3v) is 2.59. The van der Waals surface area contributed by atoms with E-state index in [-0.39, 0.29) is 5.78 Å². The van der Waals surface area contributed by atoms with Gasteiger partial charge < -0.3 is 9.98 Å². The highest BCUT2D eigenvalue weighted by atomic mass is 16.1. The molecular weight excluding hydrogens is 212 g/mol. The van der Waals surface area contributed by atoms with E-state index < -0.39 is 0 Å². The van der Waals surface area contributed by atoms with E-state index in [1.165, 1.54) is 0 Å². The molecule has 2 aromatic rings. The fraction of sp³-hybridized carbons (Fsp3) is 0.143. The van der Waals surface area contributed by atoms with E-state index in [1.54, 1.807) is 29.1 Å². The molecule has 2 rings (SSSR count). The molecule has 0 saturated heterocycles. The summed E-state index contributed by atoms with van der Waals surface area (Å²) in [6.07, 6.45) is 3.49. The molecule has 0 aliphatic heterocycles. The van der Waals surface area contributed by atoms with Crippen molar-refractivity contribution >= 4 is 5.78 Å². The number of carbonyl (C=O) groups excluding carboxylic acids is 1. The van der Waals surface area contributed by atoms with E-state index in [9.17, 15) is 4.79 Å². The van der Waals surface area contributed by atoms with Gasteiger partial charge in [0.1, 0.15) is 0 Å². The van der Waals surface area contributed by atoms with Crippen LogP contribution < -0.4 is 5.36 Å². The van der Waals surface area contributed by atoms with Gasteiger partial charge in [0.15, 0.2) is 5.78 Å². The van der Waals surface area contributed by atoms with Gasteiger partial charge >= 0.3 is 0 Å². The molecular formula is C14H14N2O. The summed E-state index contributed by atoms with van der Waals surface area (Å²) in [6.45, 7) is 2.30. The van der Waals surface area contributed by atoms with Crippen LogP contribution in [-0.2, 0) is 6.54 Å². The summed E-state index contributed by atoms with van der Waals surface area (Å²) in [6, 6.07) is 10.9. The van der Waals surface area contributed by atoms with Gasteiger partial charge in [-0.15, -0.1) is 0 Å². The second-order valence-electron chi connectivity index (χ2n) is 4.05. The first-order valence-corrected chi connectivity index (χ1v) is 5.46. The lowest BCUT2D eigenvalue weighted by molar-refractivity contribution is 0.0972. The number of carbonyl (C=O) groups is 1. The third-order valence-electron chi connectivity index (χ3n) is 2.59.